The molecule has 0 amide bonds. The van der Waals surface area contributed by atoms with E-state index in [0.717, 1.165) is 17.4 Å². The van der Waals surface area contributed by atoms with Crippen LogP contribution in [0.1, 0.15) is 15.9 Å². The Morgan fingerprint density at radius 3 is 2.33 bits per heavy atom. The predicted molar refractivity (Wildman–Crippen MR) is 48.2 cm³/mol. The van der Waals surface area contributed by atoms with Crippen LogP contribution in [0.3, 0.4) is 0 Å². The first kappa shape index (κ1) is 10.9. The van der Waals surface area contributed by atoms with Crippen LogP contribution in [0.2, 0.25) is 0 Å². The number of carbonyl (C=O) groups excluding carboxylic acids is 1. The molecule has 0 aromatic heterocycles. The minimum Gasteiger partial charge on any atom is -0.430 e. The van der Waals surface area contributed by atoms with Gasteiger partial charge in [0.05, 0.1) is 0 Å². The van der Waals surface area contributed by atoms with Crippen molar-refractivity contribution in [2.45, 2.75) is 6.92 Å². The maximum absolute atomic E-state index is 10.2. The molecule has 0 heterocycles. The van der Waals surface area contributed by atoms with Crippen LogP contribution >= 0.6 is 0 Å². The summed E-state index contributed by atoms with van der Waals surface area (Å²) in [5.41, 5.74) is 1.87. The fourth-order valence-electron chi connectivity index (χ4n) is 0.743. The summed E-state index contributed by atoms with van der Waals surface area (Å²) in [5.74, 6) is 0. The van der Waals surface area contributed by atoms with E-state index in [4.69, 9.17) is 10.0 Å². The zero-order valence-electron chi connectivity index (χ0n) is 6.90. The van der Waals surface area contributed by atoms with Crippen molar-refractivity contribution in [1.29, 1.82) is 0 Å². The average molecular weight is 166 g/mol. The van der Waals surface area contributed by atoms with Gasteiger partial charge in [-0.3, -0.25) is 4.79 Å². The second kappa shape index (κ2) is 6.58. The lowest BCUT2D eigenvalue weighted by molar-refractivity contribution is 0.112. The fourth-order valence-corrected chi connectivity index (χ4v) is 0.743. The van der Waals surface area contributed by atoms with Gasteiger partial charge >= 0.3 is 7.69 Å². The van der Waals surface area contributed by atoms with E-state index in [0.29, 0.717) is 0 Å². The zero-order chi connectivity index (χ0) is 9.40. The molecule has 0 atom stereocenters. The zero-order valence-corrected chi connectivity index (χ0v) is 6.90. The van der Waals surface area contributed by atoms with Crippen molar-refractivity contribution in [1.82, 2.24) is 0 Å². The molecule has 1 aromatic carbocycles. The third-order valence-corrected chi connectivity index (χ3v) is 1.18. The fraction of sp³-hybridized carbons (Fsp3) is 0.125. The van der Waals surface area contributed by atoms with Crippen LogP contribution in [-0.4, -0.2) is 24.0 Å². The van der Waals surface area contributed by atoms with Gasteiger partial charge in [-0.2, -0.15) is 0 Å². The molecule has 12 heavy (non-hydrogen) atoms. The first-order chi connectivity index (χ1) is 5.74. The molecule has 0 unspecified atom stereocenters. The SMILES string of the molecule is Cc1cccc(C=O)c1.OBO. The Hall–Kier alpha value is -1.13. The molecular formula is C8H11BO3. The van der Waals surface area contributed by atoms with Crippen molar-refractivity contribution in [3.05, 3.63) is 35.4 Å². The molecule has 0 spiro atoms. The maximum Gasteiger partial charge on any atom is 0.432 e. The molecule has 0 aliphatic rings. The molecule has 0 radical (unpaired) electrons. The van der Waals surface area contributed by atoms with Gasteiger partial charge in [-0.15, -0.1) is 0 Å². The van der Waals surface area contributed by atoms with E-state index in [1.807, 2.05) is 25.1 Å². The summed E-state index contributed by atoms with van der Waals surface area (Å²) in [6.07, 6.45) is 0.854. The molecule has 0 saturated heterocycles. The van der Waals surface area contributed by atoms with Gasteiger partial charge in [-0.25, -0.2) is 0 Å². The summed E-state index contributed by atoms with van der Waals surface area (Å²) in [6, 6.07) is 7.49. The first-order valence-corrected chi connectivity index (χ1v) is 3.48. The van der Waals surface area contributed by atoms with Gasteiger partial charge in [0, 0.05) is 5.56 Å². The Morgan fingerprint density at radius 2 is 2.00 bits per heavy atom. The number of hydrogen-bond acceptors (Lipinski definition) is 3. The van der Waals surface area contributed by atoms with E-state index < -0.39 is 7.69 Å². The quantitative estimate of drug-likeness (QED) is 0.457. The Morgan fingerprint density at radius 1 is 1.42 bits per heavy atom. The minimum atomic E-state index is -0.750. The number of hydrogen-bond donors (Lipinski definition) is 2. The topological polar surface area (TPSA) is 57.5 Å². The summed E-state index contributed by atoms with van der Waals surface area (Å²) >= 11 is 0. The predicted octanol–water partition coefficient (Wildman–Crippen LogP) is 0.0450. The molecule has 0 fully saturated rings. The van der Waals surface area contributed by atoms with Gasteiger partial charge < -0.3 is 10.0 Å². The van der Waals surface area contributed by atoms with Crippen molar-refractivity contribution in [3.8, 4) is 0 Å². The van der Waals surface area contributed by atoms with Gasteiger partial charge in [0.25, 0.3) is 0 Å². The Balaban J connectivity index is 0.000000354. The van der Waals surface area contributed by atoms with E-state index in [1.165, 1.54) is 0 Å². The van der Waals surface area contributed by atoms with E-state index in [1.54, 1.807) is 6.07 Å². The molecule has 0 saturated carbocycles. The lowest BCUT2D eigenvalue weighted by Crippen LogP contribution is -1.78. The molecule has 64 valence electrons. The molecule has 2 N–H and O–H groups in total. The standard InChI is InChI=1S/C8H8O.BH3O2/c1-7-3-2-4-8(5-7)6-9;2-1-3/h2-6H,1H3;1-3H. The highest BCUT2D eigenvalue weighted by atomic mass is 16.4. The first-order valence-electron chi connectivity index (χ1n) is 3.48. The van der Waals surface area contributed by atoms with Gasteiger partial charge in [0.1, 0.15) is 6.29 Å². The number of benzene rings is 1. The molecular weight excluding hydrogens is 155 g/mol. The molecule has 1 aromatic rings. The number of carbonyl (C=O) groups is 1. The van der Waals surface area contributed by atoms with E-state index >= 15 is 0 Å². The van der Waals surface area contributed by atoms with Crippen molar-refractivity contribution in [2.24, 2.45) is 0 Å². The second-order valence-electron chi connectivity index (χ2n) is 2.17. The Labute approximate surface area is 72.0 Å². The summed E-state index contributed by atoms with van der Waals surface area (Å²) < 4.78 is 0. The Bertz CT molecular complexity index is 237. The third kappa shape index (κ3) is 4.65. The van der Waals surface area contributed by atoms with Crippen molar-refractivity contribution < 1.29 is 14.8 Å². The summed E-state index contributed by atoms with van der Waals surface area (Å²) in [4.78, 5) is 10.2. The molecule has 0 bridgehead atoms. The van der Waals surface area contributed by atoms with Crippen LogP contribution in [0.4, 0.5) is 0 Å². The van der Waals surface area contributed by atoms with Crippen molar-refractivity contribution in [3.63, 3.8) is 0 Å². The molecule has 4 heteroatoms. The number of aryl methyl sites for hydroxylation is 1. The minimum absolute atomic E-state index is 0.745. The number of aldehydes is 1. The summed E-state index contributed by atoms with van der Waals surface area (Å²) in [5, 5.41) is 14.2. The van der Waals surface area contributed by atoms with Crippen LogP contribution in [-0.2, 0) is 0 Å². The van der Waals surface area contributed by atoms with E-state index in [9.17, 15) is 4.79 Å². The van der Waals surface area contributed by atoms with Gasteiger partial charge in [0.15, 0.2) is 0 Å². The third-order valence-electron chi connectivity index (χ3n) is 1.18. The highest BCUT2D eigenvalue weighted by Gasteiger charge is 1.86. The average Bonchev–Trinajstić information content (AvgIpc) is 2.06. The van der Waals surface area contributed by atoms with E-state index in [2.05, 4.69) is 0 Å². The van der Waals surface area contributed by atoms with Crippen molar-refractivity contribution in [2.75, 3.05) is 0 Å². The lowest BCUT2D eigenvalue weighted by atomic mass is 10.2. The van der Waals surface area contributed by atoms with Crippen LogP contribution < -0.4 is 0 Å². The smallest absolute Gasteiger partial charge is 0.430 e. The molecule has 0 aliphatic carbocycles. The van der Waals surface area contributed by atoms with Crippen LogP contribution in [0.5, 0.6) is 0 Å². The summed E-state index contributed by atoms with van der Waals surface area (Å²) in [6.45, 7) is 1.97. The van der Waals surface area contributed by atoms with Crippen LogP contribution in [0, 0.1) is 6.92 Å². The summed E-state index contributed by atoms with van der Waals surface area (Å²) in [7, 11) is -0.750. The largest absolute Gasteiger partial charge is 0.432 e. The normalized spacial score (nSPS) is 7.92. The van der Waals surface area contributed by atoms with Crippen LogP contribution in [0.15, 0.2) is 24.3 Å². The van der Waals surface area contributed by atoms with Gasteiger partial charge in [-0.1, -0.05) is 23.8 Å². The van der Waals surface area contributed by atoms with Crippen molar-refractivity contribution >= 4 is 14.0 Å². The monoisotopic (exact) mass is 166 g/mol. The van der Waals surface area contributed by atoms with E-state index in [-0.39, 0.29) is 0 Å². The highest BCUT2D eigenvalue weighted by Crippen LogP contribution is 1.99. The highest BCUT2D eigenvalue weighted by molar-refractivity contribution is 6.13. The Kier molecular flexibility index (Phi) is 5.96. The van der Waals surface area contributed by atoms with Crippen LogP contribution in [0.25, 0.3) is 0 Å². The molecule has 1 rings (SSSR count). The van der Waals surface area contributed by atoms with Gasteiger partial charge in [0.2, 0.25) is 0 Å². The molecule has 0 aliphatic heterocycles. The lowest BCUT2D eigenvalue weighted by Gasteiger charge is -1.89. The second-order valence-corrected chi connectivity index (χ2v) is 2.17. The molecule has 3 nitrogen and oxygen atoms in total. The number of rotatable bonds is 1. The van der Waals surface area contributed by atoms with Gasteiger partial charge in [-0.05, 0) is 13.0 Å². The maximum atomic E-state index is 10.2.